The van der Waals surface area contributed by atoms with Crippen molar-refractivity contribution in [3.63, 3.8) is 0 Å². The summed E-state index contributed by atoms with van der Waals surface area (Å²) in [6.07, 6.45) is 9.91. The lowest BCUT2D eigenvalue weighted by molar-refractivity contribution is 1.31. The van der Waals surface area contributed by atoms with Crippen molar-refractivity contribution in [2.24, 2.45) is 0 Å². The smallest absolute Gasteiger partial charge is 0.0439 e. The Morgan fingerprint density at radius 1 is 1.62 bits per heavy atom. The van der Waals surface area contributed by atoms with Crippen LogP contribution in [0.25, 0.3) is 0 Å². The Labute approximate surface area is 48.4 Å². The fourth-order valence-electron chi connectivity index (χ4n) is 0.437. The van der Waals surface area contributed by atoms with Crippen LogP contribution in [0.1, 0.15) is 5.56 Å². The molecule has 0 fully saturated rings. The molecule has 0 aromatic carbocycles. The van der Waals surface area contributed by atoms with E-state index in [1.807, 2.05) is 0 Å². The topological polar surface area (TPSA) is 12.9 Å². The molecule has 0 bridgehead atoms. The van der Waals surface area contributed by atoms with E-state index in [1.165, 1.54) is 0 Å². The van der Waals surface area contributed by atoms with Crippen LogP contribution < -0.4 is 0 Å². The maximum atomic E-state index is 6.65. The van der Waals surface area contributed by atoms with E-state index in [9.17, 15) is 0 Å². The Morgan fingerprint density at radius 3 is 2.88 bits per heavy atom. The molecule has 1 radical (unpaired) electrons. The molecule has 0 N–H and O–H groups in total. The lowest BCUT2D eigenvalue weighted by Gasteiger charge is -1.81. The number of hydrogen-bond acceptors (Lipinski definition) is 1. The van der Waals surface area contributed by atoms with Gasteiger partial charge in [-0.3, -0.25) is 4.98 Å². The summed E-state index contributed by atoms with van der Waals surface area (Å²) < 4.78 is 0. The van der Waals surface area contributed by atoms with E-state index in [0.29, 0.717) is 5.56 Å². The maximum absolute atomic E-state index is 6.65. The summed E-state index contributed by atoms with van der Waals surface area (Å²) in [5, 5.41) is 0. The van der Waals surface area contributed by atoms with Crippen molar-refractivity contribution in [2.75, 3.05) is 0 Å². The van der Waals surface area contributed by atoms with Crippen molar-refractivity contribution in [3.8, 4) is 5.92 Å². The first kappa shape index (κ1) is 4.86. The highest BCUT2D eigenvalue weighted by Crippen LogP contribution is 1.89. The van der Waals surface area contributed by atoms with Gasteiger partial charge in [0.2, 0.25) is 0 Å². The minimum atomic E-state index is 0.715. The van der Waals surface area contributed by atoms with Gasteiger partial charge < -0.3 is 0 Å². The second-order valence-electron chi connectivity index (χ2n) is 1.37. The lowest BCUT2D eigenvalue weighted by atomic mass is 10.3. The Hall–Kier alpha value is -1.29. The number of nitrogens with zero attached hydrogens (tertiary/aromatic N) is 1. The Kier molecular flexibility index (Phi) is 1.29. The molecule has 1 aromatic rings. The van der Waals surface area contributed by atoms with Gasteiger partial charge in [-0.25, -0.2) is 0 Å². The quantitative estimate of drug-likeness (QED) is 0.446. The number of rotatable bonds is 0. The Bertz CT molecular complexity index is 195. The SMILES string of the molecule is [C]#Cc1cccnc1. The van der Waals surface area contributed by atoms with Crippen molar-refractivity contribution >= 4 is 0 Å². The summed E-state index contributed by atoms with van der Waals surface area (Å²) in [6.45, 7) is 0. The predicted octanol–water partition coefficient (Wildman–Crippen LogP) is 1.02. The third kappa shape index (κ3) is 0.855. The van der Waals surface area contributed by atoms with Gasteiger partial charge >= 0.3 is 0 Å². The standard InChI is InChI=1S/C7H4N/c1-2-7-4-3-5-8-6-7/h3-6H. The lowest BCUT2D eigenvalue weighted by Crippen LogP contribution is -1.71. The fourth-order valence-corrected chi connectivity index (χ4v) is 0.437. The van der Waals surface area contributed by atoms with E-state index in [1.54, 1.807) is 24.5 Å². The summed E-state index contributed by atoms with van der Waals surface area (Å²) in [5.74, 6) is 2.21. The van der Waals surface area contributed by atoms with Crippen LogP contribution in [0.2, 0.25) is 0 Å². The van der Waals surface area contributed by atoms with Crippen LogP contribution in [0, 0.1) is 12.3 Å². The van der Waals surface area contributed by atoms with E-state index in [4.69, 9.17) is 6.42 Å². The molecule has 1 heteroatoms. The van der Waals surface area contributed by atoms with Gasteiger partial charge in [0.05, 0.1) is 0 Å². The first-order chi connectivity index (χ1) is 3.93. The summed E-state index contributed by atoms with van der Waals surface area (Å²) in [4.78, 5) is 3.77. The summed E-state index contributed by atoms with van der Waals surface area (Å²) in [7, 11) is 0. The number of hydrogen-bond donors (Lipinski definition) is 0. The van der Waals surface area contributed by atoms with E-state index in [-0.39, 0.29) is 0 Å². The van der Waals surface area contributed by atoms with Crippen molar-refractivity contribution in [3.05, 3.63) is 36.5 Å². The Morgan fingerprint density at radius 2 is 2.50 bits per heavy atom. The normalized spacial score (nSPS) is 7.88. The molecule has 1 aromatic heterocycles. The van der Waals surface area contributed by atoms with Crippen molar-refractivity contribution in [2.45, 2.75) is 0 Å². The average Bonchev–Trinajstić information content (AvgIpc) is 1.90. The van der Waals surface area contributed by atoms with Crippen LogP contribution >= 0.6 is 0 Å². The molecule has 0 saturated heterocycles. The van der Waals surface area contributed by atoms with Gasteiger partial charge in [-0.2, -0.15) is 0 Å². The highest BCUT2D eigenvalue weighted by molar-refractivity contribution is 5.25. The molecular weight excluding hydrogens is 98.1 g/mol. The summed E-state index contributed by atoms with van der Waals surface area (Å²) in [6, 6.07) is 3.55. The predicted molar refractivity (Wildman–Crippen MR) is 30.5 cm³/mol. The van der Waals surface area contributed by atoms with E-state index < -0.39 is 0 Å². The zero-order valence-corrected chi connectivity index (χ0v) is 4.26. The van der Waals surface area contributed by atoms with Gasteiger partial charge in [0.15, 0.2) is 0 Å². The molecule has 37 valence electrons. The fraction of sp³-hybridized carbons (Fsp3) is 0. The average molecular weight is 102 g/mol. The molecule has 1 rings (SSSR count). The van der Waals surface area contributed by atoms with E-state index >= 15 is 0 Å². The van der Waals surface area contributed by atoms with Gasteiger partial charge in [0, 0.05) is 18.0 Å². The molecule has 0 spiro atoms. The summed E-state index contributed by atoms with van der Waals surface area (Å²) >= 11 is 0. The van der Waals surface area contributed by atoms with E-state index in [0.717, 1.165) is 0 Å². The minimum absolute atomic E-state index is 0.715. The molecule has 8 heavy (non-hydrogen) atoms. The second kappa shape index (κ2) is 2.13. The highest BCUT2D eigenvalue weighted by atomic mass is 14.6. The van der Waals surface area contributed by atoms with Crippen LogP contribution in [-0.2, 0) is 0 Å². The molecule has 0 aliphatic carbocycles. The van der Waals surface area contributed by atoms with Crippen LogP contribution in [0.5, 0.6) is 0 Å². The number of pyridine rings is 1. The first-order valence-corrected chi connectivity index (χ1v) is 2.26. The zero-order chi connectivity index (χ0) is 5.82. The molecule has 0 atom stereocenters. The molecule has 0 amide bonds. The summed E-state index contributed by atoms with van der Waals surface area (Å²) in [5.41, 5.74) is 0.715. The molecule has 1 heterocycles. The van der Waals surface area contributed by atoms with Gasteiger partial charge in [-0.1, -0.05) is 5.92 Å². The first-order valence-electron chi connectivity index (χ1n) is 2.26. The van der Waals surface area contributed by atoms with Crippen molar-refractivity contribution in [1.82, 2.24) is 4.98 Å². The van der Waals surface area contributed by atoms with Crippen molar-refractivity contribution < 1.29 is 0 Å². The monoisotopic (exact) mass is 102 g/mol. The third-order valence-corrected chi connectivity index (χ3v) is 0.806. The van der Waals surface area contributed by atoms with Gasteiger partial charge in [0.25, 0.3) is 0 Å². The zero-order valence-electron chi connectivity index (χ0n) is 4.26. The largest absolute Gasteiger partial charge is 0.263 e. The molecular formula is C7H4N. The molecule has 0 aliphatic heterocycles. The van der Waals surface area contributed by atoms with Crippen molar-refractivity contribution in [1.29, 1.82) is 0 Å². The van der Waals surface area contributed by atoms with E-state index in [2.05, 4.69) is 10.9 Å². The third-order valence-electron chi connectivity index (χ3n) is 0.806. The number of aromatic nitrogens is 1. The molecule has 0 aliphatic rings. The molecule has 0 saturated carbocycles. The maximum Gasteiger partial charge on any atom is 0.0439 e. The van der Waals surface area contributed by atoms with Gasteiger partial charge in [-0.15, -0.1) is 0 Å². The highest BCUT2D eigenvalue weighted by Gasteiger charge is 1.78. The molecule has 1 nitrogen and oxygen atoms in total. The van der Waals surface area contributed by atoms with Crippen LogP contribution in [-0.4, -0.2) is 4.98 Å². The van der Waals surface area contributed by atoms with Crippen LogP contribution in [0.3, 0.4) is 0 Å². The van der Waals surface area contributed by atoms with Gasteiger partial charge in [0.1, 0.15) is 0 Å². The molecule has 0 unspecified atom stereocenters. The van der Waals surface area contributed by atoms with Crippen LogP contribution in [0.15, 0.2) is 24.5 Å². The second-order valence-corrected chi connectivity index (χ2v) is 1.37. The van der Waals surface area contributed by atoms with Crippen LogP contribution in [0.4, 0.5) is 0 Å². The minimum Gasteiger partial charge on any atom is -0.263 e. The Balaban J connectivity index is 3.05. The van der Waals surface area contributed by atoms with Gasteiger partial charge in [-0.05, 0) is 18.6 Å².